The standard InChI is InChI=1S/C13H15FO3/c14-11-4-2-1-3-10(11)13(17)7-5-9(6-8-13)12(15)16/h1-4,9,17H,5-8H2,(H,15,16). The van der Waals surface area contributed by atoms with Gasteiger partial charge in [0.2, 0.25) is 0 Å². The van der Waals surface area contributed by atoms with E-state index in [2.05, 4.69) is 0 Å². The molecule has 3 nitrogen and oxygen atoms in total. The first kappa shape index (κ1) is 12.0. The molecule has 0 heterocycles. The summed E-state index contributed by atoms with van der Waals surface area (Å²) in [6.45, 7) is 0. The monoisotopic (exact) mass is 238 g/mol. The van der Waals surface area contributed by atoms with E-state index < -0.39 is 23.3 Å². The average molecular weight is 238 g/mol. The molecule has 0 bridgehead atoms. The molecule has 1 saturated carbocycles. The van der Waals surface area contributed by atoms with Crippen molar-refractivity contribution in [1.29, 1.82) is 0 Å². The number of hydrogen-bond acceptors (Lipinski definition) is 2. The summed E-state index contributed by atoms with van der Waals surface area (Å²) in [6.07, 6.45) is 1.37. The number of carboxylic acid groups (broad SMARTS) is 1. The molecule has 2 rings (SSSR count). The van der Waals surface area contributed by atoms with Gasteiger partial charge in [0.25, 0.3) is 0 Å². The molecule has 1 aliphatic carbocycles. The van der Waals surface area contributed by atoms with Crippen LogP contribution in [0.15, 0.2) is 24.3 Å². The van der Waals surface area contributed by atoms with Crippen molar-refractivity contribution in [3.63, 3.8) is 0 Å². The van der Waals surface area contributed by atoms with Crippen molar-refractivity contribution < 1.29 is 19.4 Å². The van der Waals surface area contributed by atoms with E-state index in [1.807, 2.05) is 0 Å². The number of benzene rings is 1. The maximum absolute atomic E-state index is 13.6. The third-order valence-electron chi connectivity index (χ3n) is 3.54. The van der Waals surface area contributed by atoms with Crippen molar-refractivity contribution in [3.05, 3.63) is 35.6 Å². The lowest BCUT2D eigenvalue weighted by molar-refractivity contribution is -0.145. The van der Waals surface area contributed by atoms with Crippen molar-refractivity contribution in [2.75, 3.05) is 0 Å². The fraction of sp³-hybridized carbons (Fsp3) is 0.462. The highest BCUT2D eigenvalue weighted by atomic mass is 19.1. The van der Waals surface area contributed by atoms with Crippen molar-refractivity contribution in [1.82, 2.24) is 0 Å². The topological polar surface area (TPSA) is 57.5 Å². The highest BCUT2D eigenvalue weighted by Crippen LogP contribution is 2.40. The van der Waals surface area contributed by atoms with Crippen LogP contribution in [0.5, 0.6) is 0 Å². The second-order valence-electron chi connectivity index (χ2n) is 4.62. The summed E-state index contributed by atoms with van der Waals surface area (Å²) in [5, 5.41) is 19.3. The molecule has 0 aliphatic heterocycles. The number of aliphatic hydroxyl groups is 1. The van der Waals surface area contributed by atoms with E-state index in [0.717, 1.165) is 0 Å². The Morgan fingerprint density at radius 1 is 1.29 bits per heavy atom. The van der Waals surface area contributed by atoms with Crippen molar-refractivity contribution in [2.45, 2.75) is 31.3 Å². The highest BCUT2D eigenvalue weighted by Gasteiger charge is 2.38. The first-order valence-corrected chi connectivity index (χ1v) is 5.73. The quantitative estimate of drug-likeness (QED) is 0.831. The zero-order valence-electron chi connectivity index (χ0n) is 9.40. The average Bonchev–Trinajstić information content (AvgIpc) is 2.30. The molecule has 17 heavy (non-hydrogen) atoms. The summed E-state index contributed by atoms with van der Waals surface area (Å²) in [7, 11) is 0. The van der Waals surface area contributed by atoms with Crippen LogP contribution in [-0.4, -0.2) is 16.2 Å². The molecule has 1 aromatic rings. The zero-order chi connectivity index (χ0) is 12.5. The van der Waals surface area contributed by atoms with Crippen molar-refractivity contribution in [3.8, 4) is 0 Å². The summed E-state index contributed by atoms with van der Waals surface area (Å²) in [5.74, 6) is -1.67. The van der Waals surface area contributed by atoms with Gasteiger partial charge in [0.05, 0.1) is 11.5 Å². The second-order valence-corrected chi connectivity index (χ2v) is 4.62. The Bertz CT molecular complexity index is 422. The molecular weight excluding hydrogens is 223 g/mol. The van der Waals surface area contributed by atoms with Crippen LogP contribution in [0, 0.1) is 11.7 Å². The molecule has 0 unspecified atom stereocenters. The normalized spacial score (nSPS) is 28.9. The number of carbonyl (C=O) groups is 1. The first-order valence-electron chi connectivity index (χ1n) is 5.73. The molecule has 1 fully saturated rings. The third kappa shape index (κ3) is 2.31. The summed E-state index contributed by atoms with van der Waals surface area (Å²) in [4.78, 5) is 10.8. The van der Waals surface area contributed by atoms with Crippen LogP contribution in [0.25, 0.3) is 0 Å². The lowest BCUT2D eigenvalue weighted by Gasteiger charge is -2.35. The van der Waals surface area contributed by atoms with Gasteiger partial charge in [-0.05, 0) is 31.7 Å². The Labute approximate surface area is 98.9 Å². The molecule has 0 aromatic heterocycles. The van der Waals surface area contributed by atoms with Gasteiger partial charge in [0.1, 0.15) is 5.82 Å². The zero-order valence-corrected chi connectivity index (χ0v) is 9.40. The Hall–Kier alpha value is -1.42. The van der Waals surface area contributed by atoms with Crippen LogP contribution in [0.3, 0.4) is 0 Å². The Morgan fingerprint density at radius 2 is 1.88 bits per heavy atom. The van der Waals surface area contributed by atoms with E-state index in [4.69, 9.17) is 5.11 Å². The van der Waals surface area contributed by atoms with Crippen LogP contribution < -0.4 is 0 Å². The van der Waals surface area contributed by atoms with Crippen LogP contribution >= 0.6 is 0 Å². The number of aliphatic carboxylic acids is 1. The SMILES string of the molecule is O=C(O)C1CCC(O)(c2ccccc2F)CC1. The number of halogens is 1. The predicted molar refractivity (Wildman–Crippen MR) is 59.9 cm³/mol. The smallest absolute Gasteiger partial charge is 0.306 e. The van der Waals surface area contributed by atoms with Crippen LogP contribution in [0.2, 0.25) is 0 Å². The van der Waals surface area contributed by atoms with Crippen LogP contribution in [-0.2, 0) is 10.4 Å². The number of carboxylic acids is 1. The molecule has 1 aromatic carbocycles. The maximum Gasteiger partial charge on any atom is 0.306 e. The third-order valence-corrected chi connectivity index (χ3v) is 3.54. The minimum atomic E-state index is -1.21. The van der Waals surface area contributed by atoms with Gasteiger partial charge in [-0.3, -0.25) is 4.79 Å². The summed E-state index contributed by atoms with van der Waals surface area (Å²) in [5.41, 5.74) is -0.930. The largest absolute Gasteiger partial charge is 0.481 e. The van der Waals surface area contributed by atoms with E-state index in [-0.39, 0.29) is 5.56 Å². The minimum Gasteiger partial charge on any atom is -0.481 e. The Balaban J connectivity index is 2.18. The van der Waals surface area contributed by atoms with Gasteiger partial charge >= 0.3 is 5.97 Å². The van der Waals surface area contributed by atoms with Crippen LogP contribution in [0.4, 0.5) is 4.39 Å². The summed E-state index contributed by atoms with van der Waals surface area (Å²) < 4.78 is 13.6. The predicted octanol–water partition coefficient (Wildman–Crippen LogP) is 2.29. The fourth-order valence-electron chi connectivity index (χ4n) is 2.45. The first-order chi connectivity index (χ1) is 8.03. The molecule has 4 heteroatoms. The lowest BCUT2D eigenvalue weighted by Crippen LogP contribution is -2.34. The van der Waals surface area contributed by atoms with Crippen molar-refractivity contribution >= 4 is 5.97 Å². The van der Waals surface area contributed by atoms with Gasteiger partial charge in [0.15, 0.2) is 0 Å². The lowest BCUT2D eigenvalue weighted by atomic mass is 9.75. The Morgan fingerprint density at radius 3 is 2.41 bits per heavy atom. The van der Waals surface area contributed by atoms with E-state index in [0.29, 0.717) is 25.7 Å². The van der Waals surface area contributed by atoms with E-state index >= 15 is 0 Å². The molecule has 1 aliphatic rings. The van der Waals surface area contributed by atoms with Gasteiger partial charge in [-0.15, -0.1) is 0 Å². The number of hydrogen-bond donors (Lipinski definition) is 2. The Kier molecular flexibility index (Phi) is 3.15. The minimum absolute atomic E-state index is 0.281. The van der Waals surface area contributed by atoms with E-state index in [1.165, 1.54) is 6.07 Å². The number of rotatable bonds is 2. The van der Waals surface area contributed by atoms with E-state index in [1.54, 1.807) is 18.2 Å². The molecule has 0 spiro atoms. The summed E-state index contributed by atoms with van der Waals surface area (Å²) in [6, 6.07) is 6.14. The van der Waals surface area contributed by atoms with Gasteiger partial charge in [-0.1, -0.05) is 18.2 Å². The molecule has 0 saturated heterocycles. The van der Waals surface area contributed by atoms with Crippen molar-refractivity contribution in [2.24, 2.45) is 5.92 Å². The second kappa shape index (κ2) is 4.45. The summed E-state index contributed by atoms with van der Waals surface area (Å²) >= 11 is 0. The molecule has 0 radical (unpaired) electrons. The molecular formula is C13H15FO3. The van der Waals surface area contributed by atoms with Gasteiger partial charge in [0, 0.05) is 5.56 Å². The maximum atomic E-state index is 13.6. The highest BCUT2D eigenvalue weighted by molar-refractivity contribution is 5.70. The molecule has 0 atom stereocenters. The fourth-order valence-corrected chi connectivity index (χ4v) is 2.45. The van der Waals surface area contributed by atoms with Crippen LogP contribution in [0.1, 0.15) is 31.2 Å². The molecule has 92 valence electrons. The van der Waals surface area contributed by atoms with Gasteiger partial charge in [-0.25, -0.2) is 4.39 Å². The van der Waals surface area contributed by atoms with E-state index in [9.17, 15) is 14.3 Å². The van der Waals surface area contributed by atoms with Gasteiger partial charge < -0.3 is 10.2 Å². The molecule has 2 N–H and O–H groups in total. The van der Waals surface area contributed by atoms with Gasteiger partial charge in [-0.2, -0.15) is 0 Å². The molecule has 0 amide bonds.